The van der Waals surface area contributed by atoms with Gasteiger partial charge in [-0.25, -0.2) is 4.39 Å². The van der Waals surface area contributed by atoms with Gasteiger partial charge in [0, 0.05) is 60.6 Å². The van der Waals surface area contributed by atoms with Gasteiger partial charge in [0.25, 0.3) is 0 Å². The molecule has 3 fully saturated rings. The zero-order valence-electron chi connectivity index (χ0n) is 25.2. The van der Waals surface area contributed by atoms with Crippen molar-refractivity contribution in [2.75, 3.05) is 31.1 Å². The molecule has 4 aliphatic heterocycles. The number of nitrogens with zero attached hydrogens (tertiary/aromatic N) is 6. The van der Waals surface area contributed by atoms with Gasteiger partial charge in [-0.2, -0.15) is 9.97 Å². The average molecular weight is 614 g/mol. The second-order valence-electron chi connectivity index (χ2n) is 13.0. The number of phenols is 1. The Morgan fingerprint density at radius 3 is 2.83 bits per heavy atom. The van der Waals surface area contributed by atoms with E-state index in [-0.39, 0.29) is 28.5 Å². The summed E-state index contributed by atoms with van der Waals surface area (Å²) in [4.78, 5) is 23.7. The van der Waals surface area contributed by atoms with Crippen LogP contribution >= 0.6 is 0 Å². The fourth-order valence-electron chi connectivity index (χ4n) is 8.24. The third-order valence-electron chi connectivity index (χ3n) is 10.3. The first-order chi connectivity index (χ1) is 22.5. The predicted octanol–water partition coefficient (Wildman–Crippen LogP) is 4.89. The normalized spacial score (nSPS) is 23.5. The van der Waals surface area contributed by atoms with Crippen molar-refractivity contribution in [2.45, 2.75) is 49.9 Å². The summed E-state index contributed by atoms with van der Waals surface area (Å²) >= 11 is 0. The van der Waals surface area contributed by atoms with Crippen molar-refractivity contribution in [3.63, 3.8) is 0 Å². The largest absolute Gasteiger partial charge is 0.508 e. The molecule has 10 heteroatoms. The molecule has 3 aromatic heterocycles. The summed E-state index contributed by atoms with van der Waals surface area (Å²) in [5.41, 5.74) is 3.07. The van der Waals surface area contributed by atoms with E-state index in [1.807, 2.05) is 24.4 Å². The maximum atomic E-state index is 16.9. The Balaban J connectivity index is 1.19. The third-order valence-corrected chi connectivity index (χ3v) is 10.3. The van der Waals surface area contributed by atoms with Gasteiger partial charge in [0.1, 0.15) is 29.4 Å². The fraction of sp³-hybridized carbons (Fsp3) is 0.333. The summed E-state index contributed by atoms with van der Waals surface area (Å²) < 4.78 is 23.4. The van der Waals surface area contributed by atoms with Crippen molar-refractivity contribution in [3.8, 4) is 35.4 Å². The minimum Gasteiger partial charge on any atom is -0.508 e. The number of fused-ring (bicyclic) bond motifs is 7. The summed E-state index contributed by atoms with van der Waals surface area (Å²) in [5.74, 6) is 2.70. The minimum absolute atomic E-state index is 0.00696. The molecule has 230 valence electrons. The van der Waals surface area contributed by atoms with Crippen LogP contribution in [0.5, 0.6) is 11.8 Å². The summed E-state index contributed by atoms with van der Waals surface area (Å²) in [7, 11) is 0. The number of halogens is 1. The average Bonchev–Trinajstić information content (AvgIpc) is 3.73. The predicted molar refractivity (Wildman–Crippen MR) is 173 cm³/mol. The van der Waals surface area contributed by atoms with Crippen molar-refractivity contribution < 1.29 is 14.2 Å². The van der Waals surface area contributed by atoms with Crippen molar-refractivity contribution in [1.29, 1.82) is 0 Å². The van der Waals surface area contributed by atoms with Gasteiger partial charge in [-0.1, -0.05) is 24.1 Å². The van der Waals surface area contributed by atoms with Crippen LogP contribution in [0.3, 0.4) is 0 Å². The first-order valence-electron chi connectivity index (χ1n) is 15.9. The zero-order chi connectivity index (χ0) is 31.0. The SMILES string of the molecule is C#Cc1cccc2cc(O)cc(-c3ncc4c(N5C[C@H]6CC[C@@H](C5)N6)nc(OCC56CCCN5Cc5cccnc56)nc4c3F)c12. The number of aromatic hydroxyl groups is 1. The lowest BCUT2D eigenvalue weighted by Crippen LogP contribution is -2.51. The van der Waals surface area contributed by atoms with Crippen LogP contribution in [0, 0.1) is 18.2 Å². The number of nitrogens with one attached hydrogen (secondary N) is 1. The number of hydrogen-bond donors (Lipinski definition) is 2. The van der Waals surface area contributed by atoms with Crippen LogP contribution in [0.4, 0.5) is 10.2 Å². The number of rotatable bonds is 5. The van der Waals surface area contributed by atoms with Crippen LogP contribution in [-0.4, -0.2) is 68.3 Å². The highest BCUT2D eigenvalue weighted by molar-refractivity contribution is 6.02. The van der Waals surface area contributed by atoms with Crippen LogP contribution in [0.1, 0.15) is 42.5 Å². The highest BCUT2D eigenvalue weighted by Crippen LogP contribution is 2.46. The van der Waals surface area contributed by atoms with Crippen LogP contribution in [0.25, 0.3) is 32.9 Å². The third kappa shape index (κ3) is 4.15. The Kier molecular flexibility index (Phi) is 6.17. The summed E-state index contributed by atoms with van der Waals surface area (Å²) in [6.45, 7) is 3.62. The Morgan fingerprint density at radius 1 is 1.11 bits per heavy atom. The molecule has 3 saturated heterocycles. The number of benzene rings is 2. The van der Waals surface area contributed by atoms with Crippen molar-refractivity contribution in [2.24, 2.45) is 0 Å². The molecule has 2 bridgehead atoms. The molecule has 2 N–H and O–H groups in total. The van der Waals surface area contributed by atoms with Gasteiger partial charge in [0.2, 0.25) is 0 Å². The molecule has 3 atom stereocenters. The monoisotopic (exact) mass is 613 g/mol. The molecule has 7 heterocycles. The molecule has 0 amide bonds. The standard InChI is InChI=1S/C36H32FN7O2/c1-2-21-6-3-7-22-14-26(45)15-27(29(21)22)31-30(37)32-28(16-39-31)34(43-18-24-9-10-25(19-43)40-24)42-35(41-32)46-20-36-11-5-13-44(36)17-23-8-4-12-38-33(23)36/h1,3-4,6-8,12,14-16,24-25,40,45H,5,9-11,13,17-20H2/t24-,25+,36?. The van der Waals surface area contributed by atoms with E-state index < -0.39 is 5.82 Å². The number of phenolic OH excluding ortho intramolecular Hbond substituents is 1. The van der Waals surface area contributed by atoms with Crippen LogP contribution in [-0.2, 0) is 12.1 Å². The molecule has 5 aromatic rings. The Morgan fingerprint density at radius 2 is 1.98 bits per heavy atom. The van der Waals surface area contributed by atoms with Gasteiger partial charge < -0.3 is 20.1 Å². The molecule has 9 nitrogen and oxygen atoms in total. The Hall–Kier alpha value is -4.85. The minimum atomic E-state index is -0.614. The lowest BCUT2D eigenvalue weighted by Gasteiger charge is -2.34. The summed E-state index contributed by atoms with van der Waals surface area (Å²) in [5, 5.41) is 16.1. The maximum absolute atomic E-state index is 16.9. The number of terminal acetylenes is 1. The highest BCUT2D eigenvalue weighted by Gasteiger charge is 2.50. The molecule has 0 spiro atoms. The highest BCUT2D eigenvalue weighted by atomic mass is 19.1. The molecular formula is C36H32FN7O2. The molecule has 4 aliphatic rings. The number of ether oxygens (including phenoxy) is 1. The Bertz CT molecular complexity index is 2090. The quantitative estimate of drug-likeness (QED) is 0.269. The van der Waals surface area contributed by atoms with E-state index in [1.165, 1.54) is 11.6 Å². The van der Waals surface area contributed by atoms with Crippen molar-refractivity contribution >= 4 is 27.5 Å². The van der Waals surface area contributed by atoms with E-state index >= 15 is 4.39 Å². The van der Waals surface area contributed by atoms with Crippen molar-refractivity contribution in [1.82, 2.24) is 30.2 Å². The van der Waals surface area contributed by atoms with E-state index in [2.05, 4.69) is 32.1 Å². The fourth-order valence-corrected chi connectivity index (χ4v) is 8.24. The lowest BCUT2D eigenvalue weighted by atomic mass is 9.93. The van der Waals surface area contributed by atoms with E-state index in [1.54, 1.807) is 18.3 Å². The topological polar surface area (TPSA) is 99.5 Å². The van der Waals surface area contributed by atoms with Gasteiger partial charge in [-0.05, 0) is 67.4 Å². The second-order valence-corrected chi connectivity index (χ2v) is 13.0. The van der Waals surface area contributed by atoms with E-state index in [0.29, 0.717) is 51.8 Å². The van der Waals surface area contributed by atoms with Gasteiger partial charge in [-0.15, -0.1) is 6.42 Å². The Labute approximate surface area is 265 Å². The first-order valence-corrected chi connectivity index (χ1v) is 15.9. The van der Waals surface area contributed by atoms with E-state index in [0.717, 1.165) is 57.6 Å². The molecule has 0 aliphatic carbocycles. The molecule has 0 radical (unpaired) electrons. The van der Waals surface area contributed by atoms with Gasteiger partial charge in [-0.3, -0.25) is 14.9 Å². The number of hydrogen-bond acceptors (Lipinski definition) is 9. The number of pyridine rings is 2. The second kappa shape index (κ2) is 10.3. The van der Waals surface area contributed by atoms with Crippen LogP contribution in [0.2, 0.25) is 0 Å². The maximum Gasteiger partial charge on any atom is 0.319 e. The lowest BCUT2D eigenvalue weighted by molar-refractivity contribution is 0.0799. The zero-order valence-corrected chi connectivity index (χ0v) is 25.2. The molecule has 0 saturated carbocycles. The van der Waals surface area contributed by atoms with Gasteiger partial charge >= 0.3 is 6.01 Å². The molecule has 2 aromatic carbocycles. The number of aromatic nitrogens is 4. The summed E-state index contributed by atoms with van der Waals surface area (Å²) in [6.07, 6.45) is 13.5. The first kappa shape index (κ1) is 27.5. The summed E-state index contributed by atoms with van der Waals surface area (Å²) in [6, 6.07) is 13.5. The van der Waals surface area contributed by atoms with Crippen LogP contribution in [0.15, 0.2) is 54.9 Å². The van der Waals surface area contributed by atoms with E-state index in [9.17, 15) is 5.11 Å². The van der Waals surface area contributed by atoms with E-state index in [4.69, 9.17) is 26.1 Å². The van der Waals surface area contributed by atoms with Gasteiger partial charge in [0.05, 0.1) is 16.6 Å². The van der Waals surface area contributed by atoms with Crippen LogP contribution < -0.4 is 15.0 Å². The van der Waals surface area contributed by atoms with Gasteiger partial charge in [0.15, 0.2) is 5.82 Å². The molecule has 9 rings (SSSR count). The molecular weight excluding hydrogens is 581 g/mol. The molecule has 1 unspecified atom stereocenters. The number of anilines is 1. The number of piperazine rings is 1. The van der Waals surface area contributed by atoms with Crippen molar-refractivity contribution in [3.05, 3.63) is 77.5 Å². The molecule has 46 heavy (non-hydrogen) atoms. The smallest absolute Gasteiger partial charge is 0.319 e.